The molecule has 0 unspecified atom stereocenters. The number of hydrogen-bond donors (Lipinski definition) is 1. The predicted octanol–water partition coefficient (Wildman–Crippen LogP) is 6.10. The maximum Gasteiger partial charge on any atom is 0.328 e. The van der Waals surface area contributed by atoms with E-state index in [2.05, 4.69) is 25.7 Å². The number of ether oxygens (including phenoxy) is 1. The zero-order valence-electron chi connectivity index (χ0n) is 19.6. The minimum atomic E-state index is -0.960. The van der Waals surface area contributed by atoms with Gasteiger partial charge in [-0.05, 0) is 68.0 Å². The van der Waals surface area contributed by atoms with Gasteiger partial charge in [0.2, 0.25) is 0 Å². The maximum atomic E-state index is 13.6. The molecule has 2 aromatic rings. The van der Waals surface area contributed by atoms with Gasteiger partial charge in [-0.25, -0.2) is 9.69 Å². The fourth-order valence-electron chi connectivity index (χ4n) is 6.09. The van der Waals surface area contributed by atoms with E-state index in [4.69, 9.17) is 33.7 Å². The topological polar surface area (TPSA) is 55.6 Å². The van der Waals surface area contributed by atoms with Gasteiger partial charge >= 0.3 is 5.97 Å². The molecule has 6 heteroatoms. The number of nitrogens with zero attached hydrogens (tertiary/aromatic N) is 1. The van der Waals surface area contributed by atoms with Crippen LogP contribution in [-0.4, -0.2) is 28.2 Å². The molecule has 172 valence electrons. The number of benzene rings is 2. The fourth-order valence-corrected chi connectivity index (χ4v) is 6.41. The van der Waals surface area contributed by atoms with Crippen LogP contribution in [-0.2, 0) is 15.1 Å². The van der Waals surface area contributed by atoms with Crippen LogP contribution >= 0.6 is 23.2 Å². The van der Waals surface area contributed by atoms with Crippen molar-refractivity contribution >= 4 is 29.2 Å². The molecule has 0 aliphatic carbocycles. The van der Waals surface area contributed by atoms with Crippen LogP contribution in [0.5, 0.6) is 0 Å². The van der Waals surface area contributed by atoms with Crippen molar-refractivity contribution < 1.29 is 9.53 Å². The first-order valence-electron chi connectivity index (χ1n) is 11.0. The molecule has 0 spiro atoms. The standard InChI is InChI=1S/C26H32Cl2N2O2/c1-23(2,3)15-20-26(29,17-10-12-18(27)13-11-17)21(16-8-7-9-19(28)14-16)25(6)22(31)32-24(4,5)30(20)25/h7-14,20-21H,15,29H2,1-6H3/t20-,21-,25+,26+/m0/s1. The second kappa shape index (κ2) is 7.46. The summed E-state index contributed by atoms with van der Waals surface area (Å²) >= 11 is 12.6. The Bertz CT molecular complexity index is 1050. The van der Waals surface area contributed by atoms with E-state index >= 15 is 0 Å². The van der Waals surface area contributed by atoms with Crippen LogP contribution in [0, 0.1) is 5.41 Å². The van der Waals surface area contributed by atoms with Crippen molar-refractivity contribution in [2.45, 2.75) is 76.7 Å². The van der Waals surface area contributed by atoms with Gasteiger partial charge in [-0.15, -0.1) is 0 Å². The third-order valence-electron chi connectivity index (χ3n) is 7.07. The van der Waals surface area contributed by atoms with Crippen LogP contribution in [0.15, 0.2) is 48.5 Å². The average Bonchev–Trinajstić information content (AvgIpc) is 2.97. The van der Waals surface area contributed by atoms with Crippen molar-refractivity contribution in [1.29, 1.82) is 0 Å². The van der Waals surface area contributed by atoms with Crippen LogP contribution in [0.2, 0.25) is 10.0 Å². The Labute approximate surface area is 201 Å². The lowest BCUT2D eigenvalue weighted by Crippen LogP contribution is -2.57. The minimum absolute atomic E-state index is 0.0342. The Morgan fingerprint density at radius 1 is 1.03 bits per heavy atom. The molecule has 0 saturated carbocycles. The molecule has 0 bridgehead atoms. The number of nitrogens with two attached hydrogens (primary N) is 1. The fraction of sp³-hybridized carbons (Fsp3) is 0.500. The molecule has 0 amide bonds. The molecule has 4 rings (SSSR count). The summed E-state index contributed by atoms with van der Waals surface area (Å²) in [5, 5.41) is 1.26. The number of rotatable bonds is 3. The van der Waals surface area contributed by atoms with Gasteiger partial charge in [0.25, 0.3) is 0 Å². The molecule has 2 aliphatic heterocycles. The lowest BCUT2D eigenvalue weighted by Gasteiger charge is -2.44. The molecule has 2 aliphatic rings. The number of fused-ring (bicyclic) bond motifs is 1. The summed E-state index contributed by atoms with van der Waals surface area (Å²) in [5.41, 5.74) is 6.73. The highest BCUT2D eigenvalue weighted by Gasteiger charge is 2.74. The average molecular weight is 475 g/mol. The van der Waals surface area contributed by atoms with Crippen LogP contribution in [0.1, 0.15) is 65.0 Å². The smallest absolute Gasteiger partial charge is 0.328 e. The molecule has 4 atom stereocenters. The largest absolute Gasteiger partial charge is 0.443 e. The first-order chi connectivity index (χ1) is 14.7. The van der Waals surface area contributed by atoms with Crippen LogP contribution < -0.4 is 5.73 Å². The second-order valence-corrected chi connectivity index (χ2v) is 11.9. The molecule has 4 nitrogen and oxygen atoms in total. The summed E-state index contributed by atoms with van der Waals surface area (Å²) in [6.45, 7) is 12.5. The van der Waals surface area contributed by atoms with Gasteiger partial charge in [0.05, 0.1) is 5.54 Å². The number of cyclic esters (lactones) is 1. The Morgan fingerprint density at radius 3 is 2.22 bits per heavy atom. The van der Waals surface area contributed by atoms with Gasteiger partial charge in [-0.3, -0.25) is 0 Å². The third-order valence-corrected chi connectivity index (χ3v) is 7.56. The Morgan fingerprint density at radius 2 is 1.66 bits per heavy atom. The maximum absolute atomic E-state index is 13.6. The van der Waals surface area contributed by atoms with E-state index in [0.717, 1.165) is 17.5 Å². The third kappa shape index (κ3) is 3.47. The van der Waals surface area contributed by atoms with Crippen molar-refractivity contribution in [2.75, 3.05) is 0 Å². The van der Waals surface area contributed by atoms with E-state index in [1.54, 1.807) is 0 Å². The number of carbonyl (C=O) groups is 1. The highest BCUT2D eigenvalue weighted by Crippen LogP contribution is 2.62. The van der Waals surface area contributed by atoms with Crippen LogP contribution in [0.25, 0.3) is 0 Å². The molecule has 2 aromatic carbocycles. The van der Waals surface area contributed by atoms with Crippen molar-refractivity contribution in [3.05, 3.63) is 69.7 Å². The zero-order chi connectivity index (χ0) is 23.7. The van der Waals surface area contributed by atoms with Crippen molar-refractivity contribution in [3.8, 4) is 0 Å². The minimum Gasteiger partial charge on any atom is -0.443 e. The van der Waals surface area contributed by atoms with Crippen molar-refractivity contribution in [2.24, 2.45) is 11.1 Å². The van der Waals surface area contributed by atoms with Gasteiger partial charge in [0, 0.05) is 22.0 Å². The van der Waals surface area contributed by atoms with Gasteiger partial charge < -0.3 is 10.5 Å². The molecule has 2 N–H and O–H groups in total. The summed E-state index contributed by atoms with van der Waals surface area (Å²) in [6.07, 6.45) is 0.777. The summed E-state index contributed by atoms with van der Waals surface area (Å²) in [7, 11) is 0. The lowest BCUT2D eigenvalue weighted by atomic mass is 9.66. The molecular formula is C26H32Cl2N2O2. The molecular weight excluding hydrogens is 443 g/mol. The Balaban J connectivity index is 2.05. The quantitative estimate of drug-likeness (QED) is 0.545. The molecule has 2 heterocycles. The summed E-state index contributed by atoms with van der Waals surface area (Å²) < 4.78 is 5.97. The Kier molecular flexibility index (Phi) is 5.49. The van der Waals surface area contributed by atoms with Gasteiger partial charge in [-0.2, -0.15) is 0 Å². The molecule has 0 radical (unpaired) electrons. The van der Waals surface area contributed by atoms with E-state index in [9.17, 15) is 4.79 Å². The van der Waals surface area contributed by atoms with Gasteiger partial charge in [0.1, 0.15) is 5.54 Å². The second-order valence-electron chi connectivity index (χ2n) is 11.1. The first-order valence-corrected chi connectivity index (χ1v) is 11.8. The zero-order valence-corrected chi connectivity index (χ0v) is 21.1. The van der Waals surface area contributed by atoms with Crippen LogP contribution in [0.3, 0.4) is 0 Å². The number of hydrogen-bond acceptors (Lipinski definition) is 4. The van der Waals surface area contributed by atoms with Crippen molar-refractivity contribution in [1.82, 2.24) is 4.90 Å². The molecule has 32 heavy (non-hydrogen) atoms. The Hall–Kier alpha value is -1.59. The van der Waals surface area contributed by atoms with E-state index in [1.165, 1.54) is 0 Å². The predicted molar refractivity (Wildman–Crippen MR) is 130 cm³/mol. The molecule has 2 fully saturated rings. The van der Waals surface area contributed by atoms with E-state index in [1.807, 2.05) is 69.3 Å². The summed E-state index contributed by atoms with van der Waals surface area (Å²) in [5.74, 6) is -0.635. The number of halogens is 2. The molecule has 0 aromatic heterocycles. The monoisotopic (exact) mass is 474 g/mol. The molecule has 2 saturated heterocycles. The van der Waals surface area contributed by atoms with E-state index in [0.29, 0.717) is 10.0 Å². The van der Waals surface area contributed by atoms with E-state index in [-0.39, 0.29) is 23.3 Å². The summed E-state index contributed by atoms with van der Waals surface area (Å²) in [6, 6.07) is 15.2. The SMILES string of the molecule is CC(C)(C)C[C@@H]1N2C(C)(C)OC(=O)[C@@]2(C)[C@H](c2cccc(Cl)c2)[C@@]1(N)c1ccc(Cl)cc1. The van der Waals surface area contributed by atoms with Crippen molar-refractivity contribution in [3.63, 3.8) is 0 Å². The lowest BCUT2D eigenvalue weighted by molar-refractivity contribution is -0.153. The number of carbonyl (C=O) groups excluding carboxylic acids is 1. The van der Waals surface area contributed by atoms with Gasteiger partial charge in [-0.1, -0.05) is 68.2 Å². The highest BCUT2D eigenvalue weighted by molar-refractivity contribution is 6.30. The van der Waals surface area contributed by atoms with Crippen LogP contribution in [0.4, 0.5) is 0 Å². The number of esters is 1. The van der Waals surface area contributed by atoms with E-state index < -0.39 is 16.8 Å². The summed E-state index contributed by atoms with van der Waals surface area (Å²) in [4.78, 5) is 15.8. The first kappa shape index (κ1) is 23.6. The van der Waals surface area contributed by atoms with Gasteiger partial charge in [0.15, 0.2) is 5.72 Å². The highest BCUT2D eigenvalue weighted by atomic mass is 35.5. The normalized spacial score (nSPS) is 32.1.